The van der Waals surface area contributed by atoms with Crippen molar-refractivity contribution in [3.63, 3.8) is 0 Å². The molecule has 0 saturated carbocycles. The number of hydrogen-bond donors (Lipinski definition) is 1. The maximum absolute atomic E-state index is 13.4. The van der Waals surface area contributed by atoms with Crippen LogP contribution < -0.4 is 15.6 Å². The van der Waals surface area contributed by atoms with Crippen molar-refractivity contribution in [2.75, 3.05) is 11.1 Å². The highest BCUT2D eigenvalue weighted by molar-refractivity contribution is 7.99. The molecule has 8 heteroatoms. The highest BCUT2D eigenvalue weighted by atomic mass is 32.2. The van der Waals surface area contributed by atoms with Gasteiger partial charge in [0.25, 0.3) is 5.56 Å². The average molecular weight is 495 g/mol. The van der Waals surface area contributed by atoms with Crippen molar-refractivity contribution < 1.29 is 9.53 Å². The monoisotopic (exact) mass is 494 g/mol. The van der Waals surface area contributed by atoms with Crippen molar-refractivity contribution in [2.24, 2.45) is 0 Å². The van der Waals surface area contributed by atoms with Gasteiger partial charge in [0.15, 0.2) is 10.9 Å². The molecule has 5 aromatic rings. The standard InChI is InChI=1S/C28H22N4O3S/c1-19-15-16-29-25(17-19)32-27(34)21-11-5-6-12-22(21)31-28(32)36-18-26(33)30-23-13-7-8-14-24(23)35-20-9-3-2-4-10-20/h2-17H,18H2,1H3,(H,30,33). The Labute approximate surface area is 211 Å². The summed E-state index contributed by atoms with van der Waals surface area (Å²) in [5.41, 5.74) is 1.85. The van der Waals surface area contributed by atoms with Crippen LogP contribution in [0.4, 0.5) is 5.69 Å². The van der Waals surface area contributed by atoms with E-state index in [0.29, 0.717) is 39.1 Å². The Bertz CT molecular complexity index is 1600. The van der Waals surface area contributed by atoms with Gasteiger partial charge < -0.3 is 10.1 Å². The number of aryl methyl sites for hydroxylation is 1. The van der Waals surface area contributed by atoms with Crippen molar-refractivity contribution in [3.8, 4) is 17.3 Å². The third-order valence-corrected chi connectivity index (χ3v) is 6.28. The molecule has 0 atom stereocenters. The van der Waals surface area contributed by atoms with Gasteiger partial charge in [-0.15, -0.1) is 0 Å². The number of thioether (sulfide) groups is 1. The van der Waals surface area contributed by atoms with Gasteiger partial charge in [0.2, 0.25) is 5.91 Å². The van der Waals surface area contributed by atoms with Crippen LogP contribution in [0.3, 0.4) is 0 Å². The molecule has 0 fully saturated rings. The molecule has 0 aliphatic carbocycles. The normalized spacial score (nSPS) is 10.8. The first-order valence-corrected chi connectivity index (χ1v) is 12.3. The number of nitrogens with zero attached hydrogens (tertiary/aromatic N) is 3. The number of nitrogens with one attached hydrogen (secondary N) is 1. The first-order chi connectivity index (χ1) is 17.6. The largest absolute Gasteiger partial charge is 0.455 e. The molecule has 36 heavy (non-hydrogen) atoms. The number of aromatic nitrogens is 3. The minimum Gasteiger partial charge on any atom is -0.455 e. The Balaban J connectivity index is 1.40. The number of amides is 1. The van der Waals surface area contributed by atoms with E-state index in [1.807, 2.05) is 67.6 Å². The van der Waals surface area contributed by atoms with E-state index >= 15 is 0 Å². The van der Waals surface area contributed by atoms with Crippen LogP contribution in [-0.2, 0) is 4.79 Å². The van der Waals surface area contributed by atoms with Crippen LogP contribution in [0, 0.1) is 6.92 Å². The van der Waals surface area contributed by atoms with Gasteiger partial charge in [-0.05, 0) is 61.0 Å². The predicted molar refractivity (Wildman–Crippen MR) is 142 cm³/mol. The maximum atomic E-state index is 13.4. The molecule has 0 unspecified atom stereocenters. The quantitative estimate of drug-likeness (QED) is 0.234. The molecule has 2 aromatic heterocycles. The first kappa shape index (κ1) is 23.3. The second kappa shape index (κ2) is 10.5. The lowest BCUT2D eigenvalue weighted by Gasteiger charge is -2.14. The summed E-state index contributed by atoms with van der Waals surface area (Å²) < 4.78 is 7.40. The van der Waals surface area contributed by atoms with E-state index in [4.69, 9.17) is 4.74 Å². The molecule has 2 heterocycles. The van der Waals surface area contributed by atoms with Crippen molar-refractivity contribution in [1.82, 2.24) is 14.5 Å². The van der Waals surface area contributed by atoms with Gasteiger partial charge in [-0.1, -0.05) is 54.2 Å². The van der Waals surface area contributed by atoms with Gasteiger partial charge in [-0.3, -0.25) is 9.59 Å². The third-order valence-electron chi connectivity index (χ3n) is 5.34. The van der Waals surface area contributed by atoms with E-state index in [2.05, 4.69) is 15.3 Å². The van der Waals surface area contributed by atoms with Crippen LogP contribution in [0.2, 0.25) is 0 Å². The van der Waals surface area contributed by atoms with Crippen LogP contribution in [-0.4, -0.2) is 26.2 Å². The third kappa shape index (κ3) is 5.13. The lowest BCUT2D eigenvalue weighted by Crippen LogP contribution is -2.23. The average Bonchev–Trinajstić information content (AvgIpc) is 2.89. The molecule has 7 nitrogen and oxygen atoms in total. The number of pyridine rings is 1. The fraction of sp³-hybridized carbons (Fsp3) is 0.0714. The smallest absolute Gasteiger partial charge is 0.267 e. The Morgan fingerprint density at radius 1 is 0.972 bits per heavy atom. The van der Waals surface area contributed by atoms with Crippen molar-refractivity contribution in [3.05, 3.63) is 113 Å². The number of ether oxygens (including phenoxy) is 1. The SMILES string of the molecule is Cc1ccnc(-n2c(SCC(=O)Nc3ccccc3Oc3ccccc3)nc3ccccc3c2=O)c1. The van der Waals surface area contributed by atoms with Crippen molar-refractivity contribution in [2.45, 2.75) is 12.1 Å². The Morgan fingerprint density at radius 3 is 2.56 bits per heavy atom. The van der Waals surface area contributed by atoms with Crippen LogP contribution in [0.5, 0.6) is 11.5 Å². The summed E-state index contributed by atoms with van der Waals surface area (Å²) >= 11 is 1.17. The van der Waals surface area contributed by atoms with E-state index < -0.39 is 0 Å². The van der Waals surface area contributed by atoms with Gasteiger partial charge in [0, 0.05) is 6.20 Å². The first-order valence-electron chi connectivity index (χ1n) is 11.3. The van der Waals surface area contributed by atoms with E-state index in [1.165, 1.54) is 16.3 Å². The van der Waals surface area contributed by atoms with Crippen molar-refractivity contribution >= 4 is 34.3 Å². The van der Waals surface area contributed by atoms with Crippen LogP contribution >= 0.6 is 11.8 Å². The predicted octanol–water partition coefficient (Wildman–Crippen LogP) is 5.61. The van der Waals surface area contributed by atoms with Crippen LogP contribution in [0.1, 0.15) is 5.56 Å². The highest BCUT2D eigenvalue weighted by Gasteiger charge is 2.16. The summed E-state index contributed by atoms with van der Waals surface area (Å²) in [6, 6.07) is 27.4. The molecule has 5 rings (SSSR count). The number of carbonyl (C=O) groups is 1. The molecule has 0 aliphatic heterocycles. The zero-order valence-electron chi connectivity index (χ0n) is 19.4. The second-order valence-electron chi connectivity index (χ2n) is 7.99. The number of para-hydroxylation sites is 4. The number of carbonyl (C=O) groups excluding carboxylic acids is 1. The molecule has 1 N–H and O–H groups in total. The Kier molecular flexibility index (Phi) is 6.77. The molecule has 0 radical (unpaired) electrons. The summed E-state index contributed by atoms with van der Waals surface area (Å²) in [7, 11) is 0. The molecule has 178 valence electrons. The molecular weight excluding hydrogens is 472 g/mol. The minimum absolute atomic E-state index is 0.0380. The van der Waals surface area contributed by atoms with Crippen LogP contribution in [0.15, 0.2) is 107 Å². The van der Waals surface area contributed by atoms with E-state index in [1.54, 1.807) is 36.5 Å². The summed E-state index contributed by atoms with van der Waals surface area (Å²) in [5, 5.41) is 3.78. The van der Waals surface area contributed by atoms with Gasteiger partial charge in [0.05, 0.1) is 22.3 Å². The molecule has 3 aromatic carbocycles. The molecule has 0 spiro atoms. The van der Waals surface area contributed by atoms with E-state index in [9.17, 15) is 9.59 Å². The second-order valence-corrected chi connectivity index (χ2v) is 8.93. The number of fused-ring (bicyclic) bond motifs is 1. The minimum atomic E-state index is -0.254. The van der Waals surface area contributed by atoms with Gasteiger partial charge >= 0.3 is 0 Å². The summed E-state index contributed by atoms with van der Waals surface area (Å²) in [5.74, 6) is 1.45. The van der Waals surface area contributed by atoms with Gasteiger partial charge in [-0.2, -0.15) is 0 Å². The van der Waals surface area contributed by atoms with Gasteiger partial charge in [-0.25, -0.2) is 14.5 Å². The fourth-order valence-corrected chi connectivity index (χ4v) is 4.45. The Morgan fingerprint density at radius 2 is 1.72 bits per heavy atom. The van der Waals surface area contributed by atoms with Crippen LogP contribution in [0.25, 0.3) is 16.7 Å². The fourth-order valence-electron chi connectivity index (χ4n) is 3.64. The molecule has 0 saturated heterocycles. The topological polar surface area (TPSA) is 86.1 Å². The molecular formula is C28H22N4O3S. The van der Waals surface area contributed by atoms with E-state index in [-0.39, 0.29) is 17.2 Å². The highest BCUT2D eigenvalue weighted by Crippen LogP contribution is 2.29. The summed E-state index contributed by atoms with van der Waals surface area (Å²) in [6.07, 6.45) is 1.65. The van der Waals surface area contributed by atoms with Gasteiger partial charge in [0.1, 0.15) is 11.6 Å². The number of anilines is 1. The Hall–Kier alpha value is -4.43. The maximum Gasteiger partial charge on any atom is 0.267 e. The lowest BCUT2D eigenvalue weighted by molar-refractivity contribution is -0.113. The number of benzene rings is 3. The van der Waals surface area contributed by atoms with Crippen molar-refractivity contribution in [1.29, 1.82) is 0 Å². The lowest BCUT2D eigenvalue weighted by atomic mass is 10.2. The molecule has 0 bridgehead atoms. The number of hydrogen-bond acceptors (Lipinski definition) is 6. The number of rotatable bonds is 7. The summed E-state index contributed by atoms with van der Waals surface area (Å²) in [6.45, 7) is 1.93. The zero-order valence-corrected chi connectivity index (χ0v) is 20.2. The molecule has 1 amide bonds. The summed E-state index contributed by atoms with van der Waals surface area (Å²) in [4.78, 5) is 35.3. The molecule has 0 aliphatic rings. The zero-order chi connectivity index (χ0) is 24.9. The van der Waals surface area contributed by atoms with E-state index in [0.717, 1.165) is 5.56 Å².